The standard InChI is InChI=1S/C22H27NO3/c1-15(2)21(4)12-8-9-17-13-16(3)19(14-22(17,21)25)26-20(24)23-18-10-6-5-7-11-18/h5-7,10-11,13,17,19,25H,1,8-9,12H2,2-4H3,(H,23,24)/t17-,19+,21+,22+/m0/s1. The summed E-state index contributed by atoms with van der Waals surface area (Å²) in [6.07, 6.45) is 6.78. The average Bonchev–Trinajstić information content (AvgIpc) is 2.58. The van der Waals surface area contributed by atoms with Gasteiger partial charge in [-0.25, -0.2) is 4.79 Å². The van der Waals surface area contributed by atoms with E-state index in [1.807, 2.05) is 45.0 Å². The zero-order chi connectivity index (χ0) is 18.9. The lowest BCUT2D eigenvalue weighted by Gasteiger charge is -2.55. The number of fused-ring (bicyclic) bond motifs is 1. The molecular formula is C22H27NO3. The van der Waals surface area contributed by atoms with Crippen LogP contribution in [0.5, 0.6) is 0 Å². The van der Waals surface area contributed by atoms with Gasteiger partial charge in [-0.05, 0) is 44.4 Å². The maximum absolute atomic E-state index is 12.3. The van der Waals surface area contributed by atoms with Crippen LogP contribution < -0.4 is 5.32 Å². The summed E-state index contributed by atoms with van der Waals surface area (Å²) >= 11 is 0. The van der Waals surface area contributed by atoms with Gasteiger partial charge >= 0.3 is 6.09 Å². The Hall–Kier alpha value is -2.07. The van der Waals surface area contributed by atoms with Crippen LogP contribution in [0.4, 0.5) is 10.5 Å². The highest BCUT2D eigenvalue weighted by Crippen LogP contribution is 2.55. The van der Waals surface area contributed by atoms with E-state index in [0.29, 0.717) is 5.69 Å². The fraction of sp³-hybridized carbons (Fsp3) is 0.455. The van der Waals surface area contributed by atoms with Crippen LogP contribution in [0, 0.1) is 17.8 Å². The van der Waals surface area contributed by atoms with E-state index in [1.165, 1.54) is 0 Å². The molecule has 2 aliphatic rings. The number of benzene rings is 1. The van der Waals surface area contributed by atoms with Gasteiger partial charge < -0.3 is 9.84 Å². The lowest BCUT2D eigenvalue weighted by molar-refractivity contribution is -0.103. The van der Waals surface area contributed by atoms with Gasteiger partial charge in [0, 0.05) is 17.0 Å². The first-order valence-corrected chi connectivity index (χ1v) is 9.13. The first kappa shape index (κ1) is 18.7. The van der Waals surface area contributed by atoms with E-state index < -0.39 is 23.2 Å². The Morgan fingerprint density at radius 3 is 2.73 bits per heavy atom. The number of hydrogen-bond acceptors (Lipinski definition) is 3. The van der Waals surface area contributed by atoms with Gasteiger partial charge in [-0.3, -0.25) is 5.32 Å². The molecule has 1 fully saturated rings. The smallest absolute Gasteiger partial charge is 0.412 e. The van der Waals surface area contributed by atoms with Crippen molar-refractivity contribution >= 4 is 11.8 Å². The van der Waals surface area contributed by atoms with Gasteiger partial charge in [-0.15, -0.1) is 0 Å². The lowest BCUT2D eigenvalue weighted by atomic mass is 9.53. The number of amides is 1. The molecule has 0 bridgehead atoms. The van der Waals surface area contributed by atoms with Gasteiger partial charge in [0.2, 0.25) is 0 Å². The second kappa shape index (κ2) is 6.92. The van der Waals surface area contributed by atoms with E-state index in [9.17, 15) is 9.90 Å². The Balaban J connectivity index is 1.79. The molecule has 3 rings (SSSR count). The summed E-state index contributed by atoms with van der Waals surface area (Å²) in [6, 6.07) is 9.14. The molecule has 1 aromatic carbocycles. The molecule has 0 heterocycles. The van der Waals surface area contributed by atoms with Crippen molar-refractivity contribution in [2.45, 2.75) is 51.7 Å². The number of ether oxygens (including phenoxy) is 1. The molecule has 4 nitrogen and oxygen atoms in total. The monoisotopic (exact) mass is 353 g/mol. The van der Waals surface area contributed by atoms with Crippen LogP contribution in [0.25, 0.3) is 0 Å². The molecule has 2 aliphatic carbocycles. The molecular weight excluding hydrogens is 326 g/mol. The predicted molar refractivity (Wildman–Crippen MR) is 103 cm³/mol. The van der Waals surface area contributed by atoms with Crippen molar-refractivity contribution in [3.05, 3.63) is 60.6 Å². The molecule has 2 N–H and O–H groups in total. The second-order valence-corrected chi connectivity index (χ2v) is 7.71. The van der Waals surface area contributed by atoms with Gasteiger partial charge in [-0.1, -0.05) is 49.8 Å². The third-order valence-corrected chi connectivity index (χ3v) is 5.99. The Kier molecular flexibility index (Phi) is 4.98. The normalized spacial score (nSPS) is 33.6. The molecule has 1 aromatic rings. The number of para-hydroxylation sites is 1. The van der Waals surface area contributed by atoms with Crippen molar-refractivity contribution in [1.82, 2.24) is 0 Å². The van der Waals surface area contributed by atoms with Crippen LogP contribution in [0.3, 0.4) is 0 Å². The zero-order valence-corrected chi connectivity index (χ0v) is 15.7. The third kappa shape index (κ3) is 3.18. The summed E-state index contributed by atoms with van der Waals surface area (Å²) < 4.78 is 5.58. The molecule has 26 heavy (non-hydrogen) atoms. The van der Waals surface area contributed by atoms with Gasteiger partial charge in [0.15, 0.2) is 0 Å². The average molecular weight is 353 g/mol. The topological polar surface area (TPSA) is 58.6 Å². The minimum Gasteiger partial charge on any atom is -0.441 e. The van der Waals surface area contributed by atoms with Crippen LogP contribution in [0.2, 0.25) is 0 Å². The molecule has 0 aromatic heterocycles. The summed E-state index contributed by atoms with van der Waals surface area (Å²) in [5.74, 6) is -0.0324. The van der Waals surface area contributed by atoms with E-state index in [2.05, 4.69) is 18.3 Å². The summed E-state index contributed by atoms with van der Waals surface area (Å²) in [4.78, 5) is 12.3. The fourth-order valence-corrected chi connectivity index (χ4v) is 4.11. The minimum absolute atomic E-state index is 0.0324. The number of aliphatic hydroxyl groups is 1. The maximum atomic E-state index is 12.3. The van der Waals surface area contributed by atoms with Gasteiger partial charge in [0.05, 0.1) is 12.0 Å². The highest BCUT2D eigenvalue weighted by Gasteiger charge is 2.57. The molecule has 0 unspecified atom stereocenters. The Labute approximate surface area is 155 Å². The number of rotatable bonds is 3. The van der Waals surface area contributed by atoms with Crippen molar-refractivity contribution in [1.29, 1.82) is 0 Å². The van der Waals surface area contributed by atoms with E-state index >= 15 is 0 Å². The van der Waals surface area contributed by atoms with Crippen LogP contribution in [0.15, 0.2) is 54.1 Å². The Bertz CT molecular complexity index is 726. The van der Waals surface area contributed by atoms with E-state index in [-0.39, 0.29) is 5.92 Å². The molecule has 2 radical (unpaired) electrons. The largest absolute Gasteiger partial charge is 0.441 e. The second-order valence-electron chi connectivity index (χ2n) is 7.71. The Morgan fingerprint density at radius 1 is 1.38 bits per heavy atom. The fourth-order valence-electron chi connectivity index (χ4n) is 4.11. The van der Waals surface area contributed by atoms with Gasteiger partial charge in [0.25, 0.3) is 0 Å². The van der Waals surface area contributed by atoms with Crippen LogP contribution >= 0.6 is 0 Å². The molecule has 4 atom stereocenters. The Morgan fingerprint density at radius 2 is 2.08 bits per heavy atom. The van der Waals surface area contributed by atoms with E-state index in [1.54, 1.807) is 12.1 Å². The number of carbonyl (C=O) groups is 1. The molecule has 1 amide bonds. The quantitative estimate of drug-likeness (QED) is 0.770. The molecule has 138 valence electrons. The predicted octanol–water partition coefficient (Wildman–Crippen LogP) is 4.76. The van der Waals surface area contributed by atoms with Gasteiger partial charge in [0.1, 0.15) is 6.10 Å². The van der Waals surface area contributed by atoms with Crippen LogP contribution in [-0.2, 0) is 4.74 Å². The molecule has 0 spiro atoms. The maximum Gasteiger partial charge on any atom is 0.412 e. The SMILES string of the molecule is C=C(C)[C@@]1(C)CCC[C@H]2C=C(C)[C@H](OC(=O)Nc3ccccc3)[C][C@@]21O. The van der Waals surface area contributed by atoms with E-state index in [4.69, 9.17) is 4.74 Å². The number of carbonyl (C=O) groups excluding carboxylic acids is 1. The summed E-state index contributed by atoms with van der Waals surface area (Å²) in [5, 5.41) is 14.3. The van der Waals surface area contributed by atoms with Crippen molar-refractivity contribution in [3.63, 3.8) is 0 Å². The molecule has 1 saturated carbocycles. The zero-order valence-electron chi connectivity index (χ0n) is 15.7. The van der Waals surface area contributed by atoms with Crippen molar-refractivity contribution in [3.8, 4) is 0 Å². The van der Waals surface area contributed by atoms with Crippen molar-refractivity contribution < 1.29 is 14.6 Å². The highest BCUT2D eigenvalue weighted by atomic mass is 16.6. The highest BCUT2D eigenvalue weighted by molar-refractivity contribution is 5.84. The lowest BCUT2D eigenvalue weighted by Crippen LogP contribution is -2.59. The van der Waals surface area contributed by atoms with Crippen LogP contribution in [-0.4, -0.2) is 22.9 Å². The number of hydrogen-bond donors (Lipinski definition) is 2. The van der Waals surface area contributed by atoms with Crippen molar-refractivity contribution in [2.75, 3.05) is 5.32 Å². The number of nitrogens with one attached hydrogen (secondary N) is 1. The van der Waals surface area contributed by atoms with E-state index in [0.717, 1.165) is 30.4 Å². The molecule has 0 saturated heterocycles. The summed E-state index contributed by atoms with van der Waals surface area (Å²) in [7, 11) is 0. The summed E-state index contributed by atoms with van der Waals surface area (Å²) in [5.41, 5.74) is 0.821. The first-order chi connectivity index (χ1) is 12.3. The molecule has 4 heteroatoms. The van der Waals surface area contributed by atoms with Crippen molar-refractivity contribution in [2.24, 2.45) is 11.3 Å². The van der Waals surface area contributed by atoms with Gasteiger partial charge in [-0.2, -0.15) is 0 Å². The third-order valence-electron chi connectivity index (χ3n) is 5.99. The van der Waals surface area contributed by atoms with Crippen LogP contribution in [0.1, 0.15) is 40.0 Å². The number of anilines is 1. The first-order valence-electron chi connectivity index (χ1n) is 9.13. The summed E-state index contributed by atoms with van der Waals surface area (Å²) in [6.45, 7) is 10.0. The minimum atomic E-state index is -1.19. The molecule has 0 aliphatic heterocycles.